The minimum Gasteiger partial charge on any atom is -0.344 e. The lowest BCUT2D eigenvalue weighted by molar-refractivity contribution is -0.315. The van der Waals surface area contributed by atoms with Crippen LogP contribution in [0.2, 0.25) is 0 Å². The number of hydrogen-bond acceptors (Lipinski definition) is 6. The second kappa shape index (κ2) is 4.95. The van der Waals surface area contributed by atoms with E-state index in [1.165, 1.54) is 0 Å². The van der Waals surface area contributed by atoms with Crippen molar-refractivity contribution in [2.45, 2.75) is 18.8 Å². The Bertz CT molecular complexity index is 99.2. The Hall–Kier alpha value is 0.190. The van der Waals surface area contributed by atoms with E-state index >= 15 is 0 Å². The number of rotatable bonds is 5. The van der Waals surface area contributed by atoms with E-state index in [1.807, 2.05) is 0 Å². The number of hydrogen-bond donors (Lipinski definition) is 5. The van der Waals surface area contributed by atoms with Crippen LogP contribution in [-0.4, -0.2) is 37.7 Å². The van der Waals surface area contributed by atoms with E-state index < -0.39 is 14.6 Å². The first-order valence-corrected chi connectivity index (χ1v) is 4.06. The van der Waals surface area contributed by atoms with Crippen molar-refractivity contribution in [3.8, 4) is 0 Å². The fourth-order valence-corrected chi connectivity index (χ4v) is 0.748. The lowest BCUT2D eigenvalue weighted by Crippen LogP contribution is -2.27. The summed E-state index contributed by atoms with van der Waals surface area (Å²) in [6.45, 7) is -0.0395. The molecule has 0 amide bonds. The second-order valence-corrected chi connectivity index (χ2v) is 2.73. The van der Waals surface area contributed by atoms with Crippen molar-refractivity contribution in [1.82, 2.24) is 0 Å². The molecule has 0 aromatic carbocycles. The summed E-state index contributed by atoms with van der Waals surface area (Å²) in [5, 5.41) is 25.0. The van der Waals surface area contributed by atoms with Gasteiger partial charge in [-0.25, -0.2) is 0 Å². The van der Waals surface area contributed by atoms with Crippen LogP contribution in [0.25, 0.3) is 0 Å². The monoisotopic (exact) mass is 186 g/mol. The van der Waals surface area contributed by atoms with Gasteiger partial charge in [-0.2, -0.15) is 0 Å². The minimum atomic E-state index is -2.70. The zero-order valence-electron chi connectivity index (χ0n) is 5.71. The van der Waals surface area contributed by atoms with E-state index in [1.54, 1.807) is 0 Å². The summed E-state index contributed by atoms with van der Waals surface area (Å²) in [6.07, 6.45) is -0.167. The van der Waals surface area contributed by atoms with Gasteiger partial charge >= 0.3 is 8.60 Å². The first kappa shape index (κ1) is 11.2. The Labute approximate surface area is 64.7 Å². The highest BCUT2D eigenvalue weighted by molar-refractivity contribution is 7.39. The Balaban J connectivity index is 3.15. The van der Waals surface area contributed by atoms with E-state index in [2.05, 4.69) is 4.52 Å². The second-order valence-electron chi connectivity index (χ2n) is 1.96. The smallest absolute Gasteiger partial charge is 0.327 e. The highest BCUT2D eigenvalue weighted by atomic mass is 31.2. The SMILES string of the molecule is OP(O)OCCCC(O)(O)O. The lowest BCUT2D eigenvalue weighted by atomic mass is 10.3. The molecule has 0 spiro atoms. The van der Waals surface area contributed by atoms with Gasteiger partial charge in [-0.1, -0.05) is 0 Å². The molecule has 0 rings (SSSR count). The molecule has 68 valence electrons. The van der Waals surface area contributed by atoms with Crippen molar-refractivity contribution in [3.05, 3.63) is 0 Å². The summed E-state index contributed by atoms with van der Waals surface area (Å²) in [5.41, 5.74) is 0. The predicted octanol–water partition coefficient (Wildman–Crippen LogP) is -1.37. The summed E-state index contributed by atoms with van der Waals surface area (Å²) in [7, 11) is -2.39. The highest BCUT2D eigenvalue weighted by Crippen LogP contribution is 2.24. The van der Waals surface area contributed by atoms with Crippen LogP contribution in [0.4, 0.5) is 0 Å². The summed E-state index contributed by atoms with van der Waals surface area (Å²) in [6, 6.07) is 0. The standard InChI is InChI=1S/C4H11O6P/c5-4(6,7)2-1-3-10-11(8)9/h5-9H,1-3H2. The molecule has 0 bridgehead atoms. The van der Waals surface area contributed by atoms with Gasteiger partial charge in [0, 0.05) is 6.42 Å². The molecule has 6 nitrogen and oxygen atoms in total. The van der Waals surface area contributed by atoms with Crippen molar-refractivity contribution in [1.29, 1.82) is 0 Å². The molecule has 0 saturated heterocycles. The van der Waals surface area contributed by atoms with Gasteiger partial charge in [0.1, 0.15) is 0 Å². The molecule has 11 heavy (non-hydrogen) atoms. The third-order valence-corrected chi connectivity index (χ3v) is 1.28. The zero-order chi connectivity index (χ0) is 8.91. The van der Waals surface area contributed by atoms with E-state index in [9.17, 15) is 0 Å². The molecule has 0 atom stereocenters. The topological polar surface area (TPSA) is 110 Å². The summed E-state index contributed by atoms with van der Waals surface area (Å²) in [5.74, 6) is -2.70. The Morgan fingerprint density at radius 1 is 1.18 bits per heavy atom. The fraction of sp³-hybridized carbons (Fsp3) is 1.00. The molecular formula is C4H11O6P. The van der Waals surface area contributed by atoms with Crippen LogP contribution < -0.4 is 0 Å². The van der Waals surface area contributed by atoms with Gasteiger partial charge in [-0.3, -0.25) is 0 Å². The van der Waals surface area contributed by atoms with Gasteiger partial charge in [0.15, 0.2) is 0 Å². The first-order valence-electron chi connectivity index (χ1n) is 2.90. The molecule has 0 aliphatic carbocycles. The normalized spacial score (nSPS) is 12.5. The van der Waals surface area contributed by atoms with Crippen LogP contribution in [0, 0.1) is 0 Å². The molecule has 0 fully saturated rings. The zero-order valence-corrected chi connectivity index (χ0v) is 6.61. The Kier molecular flexibility index (Phi) is 5.03. The van der Waals surface area contributed by atoms with E-state index in [4.69, 9.17) is 25.1 Å². The van der Waals surface area contributed by atoms with Crippen LogP contribution >= 0.6 is 8.60 Å². The Morgan fingerprint density at radius 3 is 2.09 bits per heavy atom. The summed E-state index contributed by atoms with van der Waals surface area (Å²) >= 11 is 0. The molecule has 0 radical (unpaired) electrons. The van der Waals surface area contributed by atoms with Crippen molar-refractivity contribution in [2.24, 2.45) is 0 Å². The molecule has 5 N–H and O–H groups in total. The molecule has 0 aliphatic rings. The molecule has 0 aromatic rings. The molecule has 0 saturated carbocycles. The quantitative estimate of drug-likeness (QED) is 0.206. The average molecular weight is 186 g/mol. The van der Waals surface area contributed by atoms with Gasteiger partial charge in [-0.05, 0) is 6.42 Å². The first-order chi connectivity index (χ1) is 4.92. The predicted molar refractivity (Wildman–Crippen MR) is 35.9 cm³/mol. The van der Waals surface area contributed by atoms with Crippen LogP contribution in [0.15, 0.2) is 0 Å². The third-order valence-electron chi connectivity index (χ3n) is 0.863. The van der Waals surface area contributed by atoms with E-state index in [0.29, 0.717) is 0 Å². The van der Waals surface area contributed by atoms with Gasteiger partial charge in [-0.15, -0.1) is 0 Å². The van der Waals surface area contributed by atoms with E-state index in [0.717, 1.165) is 0 Å². The maximum atomic E-state index is 8.32. The molecule has 0 heterocycles. The number of aliphatic hydroxyl groups is 3. The van der Waals surface area contributed by atoms with Crippen LogP contribution in [0.5, 0.6) is 0 Å². The van der Waals surface area contributed by atoms with E-state index in [-0.39, 0.29) is 19.4 Å². The van der Waals surface area contributed by atoms with Crippen molar-refractivity contribution in [2.75, 3.05) is 6.61 Å². The molecule has 7 heteroatoms. The van der Waals surface area contributed by atoms with Gasteiger partial charge in [0.2, 0.25) is 0 Å². The maximum Gasteiger partial charge on any atom is 0.327 e. The van der Waals surface area contributed by atoms with Crippen molar-refractivity contribution >= 4 is 8.60 Å². The maximum absolute atomic E-state index is 8.32. The minimum absolute atomic E-state index is 0.0395. The Morgan fingerprint density at radius 2 is 1.73 bits per heavy atom. The molecule has 0 unspecified atom stereocenters. The van der Waals surface area contributed by atoms with Gasteiger partial charge in [0.25, 0.3) is 5.97 Å². The third kappa shape index (κ3) is 10.2. The van der Waals surface area contributed by atoms with Crippen LogP contribution in [0.3, 0.4) is 0 Å². The van der Waals surface area contributed by atoms with Gasteiger partial charge in [0.05, 0.1) is 6.61 Å². The highest BCUT2D eigenvalue weighted by Gasteiger charge is 2.16. The lowest BCUT2D eigenvalue weighted by Gasteiger charge is -2.13. The fourth-order valence-electron chi connectivity index (χ4n) is 0.456. The summed E-state index contributed by atoms with van der Waals surface area (Å²) in [4.78, 5) is 16.4. The van der Waals surface area contributed by atoms with Crippen LogP contribution in [0.1, 0.15) is 12.8 Å². The van der Waals surface area contributed by atoms with Crippen molar-refractivity contribution < 1.29 is 29.6 Å². The largest absolute Gasteiger partial charge is 0.344 e. The van der Waals surface area contributed by atoms with Gasteiger partial charge < -0.3 is 29.6 Å². The molecule has 0 aromatic heterocycles. The van der Waals surface area contributed by atoms with Crippen molar-refractivity contribution in [3.63, 3.8) is 0 Å². The molecule has 0 aliphatic heterocycles. The molecular weight excluding hydrogens is 175 g/mol. The average Bonchev–Trinajstić information content (AvgIpc) is 1.78. The van der Waals surface area contributed by atoms with Crippen LogP contribution in [-0.2, 0) is 4.52 Å². The summed E-state index contributed by atoms with van der Waals surface area (Å²) < 4.78 is 4.28.